The first-order chi connectivity index (χ1) is 9.04. The van der Waals surface area contributed by atoms with Gasteiger partial charge >= 0.3 is 0 Å². The zero-order valence-corrected chi connectivity index (χ0v) is 11.9. The third kappa shape index (κ3) is 2.71. The van der Waals surface area contributed by atoms with Crippen molar-refractivity contribution >= 4 is 0 Å². The Hall–Kier alpha value is -1.61. The highest BCUT2D eigenvalue weighted by molar-refractivity contribution is 5.41. The minimum absolute atomic E-state index is 0.0272. The summed E-state index contributed by atoms with van der Waals surface area (Å²) >= 11 is 0. The van der Waals surface area contributed by atoms with Crippen LogP contribution in [0.15, 0.2) is 28.9 Å². The SMILES string of the molecule is CCNC(c1occc1C)c1c(C)cc(F)cc1C. The Morgan fingerprint density at radius 2 is 1.79 bits per heavy atom. The summed E-state index contributed by atoms with van der Waals surface area (Å²) in [5.41, 5.74) is 4.09. The topological polar surface area (TPSA) is 25.2 Å². The molecule has 0 radical (unpaired) electrons. The molecule has 1 heterocycles. The molecule has 0 aliphatic rings. The van der Waals surface area contributed by atoms with Gasteiger partial charge in [-0.3, -0.25) is 0 Å². The maximum atomic E-state index is 13.4. The molecule has 0 aliphatic carbocycles. The fourth-order valence-corrected chi connectivity index (χ4v) is 2.59. The van der Waals surface area contributed by atoms with Crippen LogP contribution in [0.4, 0.5) is 4.39 Å². The molecule has 0 saturated heterocycles. The molecule has 1 atom stereocenters. The molecule has 0 fully saturated rings. The van der Waals surface area contributed by atoms with Gasteiger partial charge in [-0.05, 0) is 67.8 Å². The minimum Gasteiger partial charge on any atom is -0.467 e. The van der Waals surface area contributed by atoms with Crippen molar-refractivity contribution in [3.63, 3.8) is 0 Å². The van der Waals surface area contributed by atoms with E-state index in [0.717, 1.165) is 34.6 Å². The number of benzene rings is 1. The molecule has 1 N–H and O–H groups in total. The summed E-state index contributed by atoms with van der Waals surface area (Å²) in [6, 6.07) is 5.07. The van der Waals surface area contributed by atoms with Crippen LogP contribution in [0.25, 0.3) is 0 Å². The van der Waals surface area contributed by atoms with Crippen molar-refractivity contribution in [3.8, 4) is 0 Å². The van der Waals surface area contributed by atoms with Gasteiger partial charge in [-0.25, -0.2) is 4.39 Å². The smallest absolute Gasteiger partial charge is 0.128 e. The molecule has 0 aliphatic heterocycles. The second-order valence-electron chi connectivity index (χ2n) is 4.91. The Bertz CT molecular complexity index is 551. The minimum atomic E-state index is -0.190. The number of aryl methyl sites for hydroxylation is 3. The molecule has 1 aromatic heterocycles. The van der Waals surface area contributed by atoms with Crippen molar-refractivity contribution in [2.75, 3.05) is 6.54 Å². The molecule has 19 heavy (non-hydrogen) atoms. The molecule has 1 unspecified atom stereocenters. The van der Waals surface area contributed by atoms with Gasteiger partial charge in [-0.15, -0.1) is 0 Å². The maximum absolute atomic E-state index is 13.4. The van der Waals surface area contributed by atoms with Gasteiger partial charge in [0, 0.05) is 0 Å². The van der Waals surface area contributed by atoms with Gasteiger partial charge in [-0.2, -0.15) is 0 Å². The second kappa shape index (κ2) is 5.57. The van der Waals surface area contributed by atoms with E-state index in [1.54, 1.807) is 18.4 Å². The summed E-state index contributed by atoms with van der Waals surface area (Å²) in [7, 11) is 0. The Morgan fingerprint density at radius 1 is 1.16 bits per heavy atom. The van der Waals surface area contributed by atoms with Crippen LogP contribution in [0, 0.1) is 26.6 Å². The van der Waals surface area contributed by atoms with E-state index in [4.69, 9.17) is 4.42 Å². The van der Waals surface area contributed by atoms with E-state index in [1.165, 1.54) is 0 Å². The summed E-state index contributed by atoms with van der Waals surface area (Å²) in [6.07, 6.45) is 1.70. The summed E-state index contributed by atoms with van der Waals surface area (Å²) in [4.78, 5) is 0. The van der Waals surface area contributed by atoms with Gasteiger partial charge in [0.15, 0.2) is 0 Å². The second-order valence-corrected chi connectivity index (χ2v) is 4.91. The van der Waals surface area contributed by atoms with Crippen molar-refractivity contribution in [2.45, 2.75) is 33.7 Å². The predicted molar refractivity (Wildman–Crippen MR) is 74.8 cm³/mol. The molecule has 0 spiro atoms. The predicted octanol–water partition coefficient (Wildman–Crippen LogP) is 4.04. The van der Waals surface area contributed by atoms with E-state index in [1.807, 2.05) is 26.8 Å². The first-order valence-corrected chi connectivity index (χ1v) is 6.58. The first-order valence-electron chi connectivity index (χ1n) is 6.58. The van der Waals surface area contributed by atoms with Gasteiger partial charge < -0.3 is 9.73 Å². The van der Waals surface area contributed by atoms with E-state index in [9.17, 15) is 4.39 Å². The first kappa shape index (κ1) is 13.8. The van der Waals surface area contributed by atoms with Crippen LogP contribution in [-0.4, -0.2) is 6.54 Å². The van der Waals surface area contributed by atoms with Gasteiger partial charge in [-0.1, -0.05) is 6.92 Å². The molecule has 0 amide bonds. The zero-order valence-electron chi connectivity index (χ0n) is 11.9. The molecule has 3 heteroatoms. The van der Waals surface area contributed by atoms with Crippen LogP contribution in [-0.2, 0) is 0 Å². The molecule has 1 aromatic carbocycles. The van der Waals surface area contributed by atoms with Crippen LogP contribution >= 0.6 is 0 Å². The van der Waals surface area contributed by atoms with Crippen LogP contribution in [0.3, 0.4) is 0 Å². The standard InChI is InChI=1S/C16H20FNO/c1-5-18-15(16-10(2)6-7-19-16)14-11(3)8-13(17)9-12(14)4/h6-9,15,18H,5H2,1-4H3. The van der Waals surface area contributed by atoms with Crippen LogP contribution in [0.5, 0.6) is 0 Å². The van der Waals surface area contributed by atoms with Gasteiger partial charge in [0.1, 0.15) is 11.6 Å². The number of halogens is 1. The number of furan rings is 1. The van der Waals surface area contributed by atoms with Crippen LogP contribution < -0.4 is 5.32 Å². The molecule has 2 nitrogen and oxygen atoms in total. The Morgan fingerprint density at radius 3 is 2.26 bits per heavy atom. The van der Waals surface area contributed by atoms with Crippen LogP contribution in [0.2, 0.25) is 0 Å². The fourth-order valence-electron chi connectivity index (χ4n) is 2.59. The Labute approximate surface area is 113 Å². The molecular weight excluding hydrogens is 241 g/mol. The third-order valence-corrected chi connectivity index (χ3v) is 3.42. The van der Waals surface area contributed by atoms with E-state index in [2.05, 4.69) is 12.2 Å². The Balaban J connectivity index is 2.54. The Kier molecular flexibility index (Phi) is 4.05. The third-order valence-electron chi connectivity index (χ3n) is 3.42. The van der Waals surface area contributed by atoms with E-state index < -0.39 is 0 Å². The van der Waals surface area contributed by atoms with Gasteiger partial charge in [0.2, 0.25) is 0 Å². The number of nitrogens with one attached hydrogen (secondary N) is 1. The van der Waals surface area contributed by atoms with Crippen molar-refractivity contribution < 1.29 is 8.81 Å². The molecular formula is C16H20FNO. The lowest BCUT2D eigenvalue weighted by molar-refractivity contribution is 0.447. The van der Waals surface area contributed by atoms with Crippen LogP contribution in [0.1, 0.15) is 41.0 Å². The molecule has 2 rings (SSSR count). The normalized spacial score (nSPS) is 12.7. The average Bonchev–Trinajstić information content (AvgIpc) is 2.73. The zero-order chi connectivity index (χ0) is 14.0. The number of rotatable bonds is 4. The summed E-state index contributed by atoms with van der Waals surface area (Å²) in [6.45, 7) is 8.78. The quantitative estimate of drug-likeness (QED) is 0.898. The average molecular weight is 261 g/mol. The van der Waals surface area contributed by atoms with Crippen molar-refractivity contribution in [1.82, 2.24) is 5.32 Å². The van der Waals surface area contributed by atoms with Gasteiger partial charge in [0.25, 0.3) is 0 Å². The number of hydrogen-bond donors (Lipinski definition) is 1. The summed E-state index contributed by atoms with van der Waals surface area (Å²) in [5.74, 6) is 0.713. The molecule has 2 aromatic rings. The van der Waals surface area contributed by atoms with Crippen molar-refractivity contribution in [1.29, 1.82) is 0 Å². The monoisotopic (exact) mass is 261 g/mol. The maximum Gasteiger partial charge on any atom is 0.128 e. The fraction of sp³-hybridized carbons (Fsp3) is 0.375. The lowest BCUT2D eigenvalue weighted by Crippen LogP contribution is -2.24. The van der Waals surface area contributed by atoms with E-state index >= 15 is 0 Å². The number of hydrogen-bond acceptors (Lipinski definition) is 2. The largest absolute Gasteiger partial charge is 0.467 e. The van der Waals surface area contributed by atoms with E-state index in [0.29, 0.717) is 0 Å². The molecule has 102 valence electrons. The van der Waals surface area contributed by atoms with Crippen molar-refractivity contribution in [3.05, 3.63) is 58.3 Å². The lowest BCUT2D eigenvalue weighted by Gasteiger charge is -2.21. The highest BCUT2D eigenvalue weighted by Gasteiger charge is 2.22. The van der Waals surface area contributed by atoms with E-state index in [-0.39, 0.29) is 11.9 Å². The van der Waals surface area contributed by atoms with Crippen molar-refractivity contribution in [2.24, 2.45) is 0 Å². The highest BCUT2D eigenvalue weighted by Crippen LogP contribution is 2.30. The highest BCUT2D eigenvalue weighted by atomic mass is 19.1. The summed E-state index contributed by atoms with van der Waals surface area (Å²) in [5, 5.41) is 3.43. The summed E-state index contributed by atoms with van der Waals surface area (Å²) < 4.78 is 19.1. The van der Waals surface area contributed by atoms with Gasteiger partial charge in [0.05, 0.1) is 12.3 Å². The molecule has 0 bridgehead atoms. The lowest BCUT2D eigenvalue weighted by atomic mass is 9.93. The molecule has 0 saturated carbocycles.